The van der Waals surface area contributed by atoms with E-state index >= 15 is 0 Å². The molecule has 0 spiro atoms. The molecule has 0 saturated carbocycles. The predicted molar refractivity (Wildman–Crippen MR) is 86.4 cm³/mol. The summed E-state index contributed by atoms with van der Waals surface area (Å²) < 4.78 is 11.5. The summed E-state index contributed by atoms with van der Waals surface area (Å²) in [6.45, 7) is 3.97. The first-order valence-electron chi connectivity index (χ1n) is 6.58. The molecular formula is C17H17BrO3. The van der Waals surface area contributed by atoms with E-state index in [4.69, 9.17) is 9.47 Å². The van der Waals surface area contributed by atoms with Gasteiger partial charge in [0.25, 0.3) is 0 Å². The highest BCUT2D eigenvalue weighted by Gasteiger charge is 2.10. The molecule has 2 aromatic rings. The minimum absolute atomic E-state index is 0.0169. The average Bonchev–Trinajstić information content (AvgIpc) is 2.47. The highest BCUT2D eigenvalue weighted by molar-refractivity contribution is 9.10. The zero-order valence-corrected chi connectivity index (χ0v) is 13.9. The first kappa shape index (κ1) is 15.6. The number of carbonyl (C=O) groups is 1. The van der Waals surface area contributed by atoms with Gasteiger partial charge in [-0.25, -0.2) is 0 Å². The van der Waals surface area contributed by atoms with Crippen LogP contribution in [-0.4, -0.2) is 19.5 Å². The summed E-state index contributed by atoms with van der Waals surface area (Å²) in [6, 6.07) is 11.2. The largest absolute Gasteiger partial charge is 0.496 e. The van der Waals surface area contributed by atoms with Crippen molar-refractivity contribution in [2.75, 3.05) is 13.7 Å². The van der Waals surface area contributed by atoms with Crippen molar-refractivity contribution in [1.82, 2.24) is 0 Å². The lowest BCUT2D eigenvalue weighted by atomic mass is 10.1. The Morgan fingerprint density at radius 3 is 2.52 bits per heavy atom. The van der Waals surface area contributed by atoms with Gasteiger partial charge in [-0.05, 0) is 65.2 Å². The van der Waals surface area contributed by atoms with E-state index in [2.05, 4.69) is 15.9 Å². The number of ketones is 1. The maximum absolute atomic E-state index is 12.2. The lowest BCUT2D eigenvalue weighted by Gasteiger charge is -2.10. The van der Waals surface area contributed by atoms with Crippen molar-refractivity contribution in [3.63, 3.8) is 0 Å². The zero-order chi connectivity index (χ0) is 15.4. The van der Waals surface area contributed by atoms with Crippen LogP contribution in [0.2, 0.25) is 0 Å². The third kappa shape index (κ3) is 3.85. The van der Waals surface area contributed by atoms with E-state index in [-0.39, 0.29) is 12.4 Å². The number of benzene rings is 2. The number of methoxy groups -OCH3 is 1. The second-order valence-corrected chi connectivity index (χ2v) is 5.68. The second kappa shape index (κ2) is 6.76. The molecule has 0 atom stereocenters. The van der Waals surface area contributed by atoms with Crippen molar-refractivity contribution < 1.29 is 14.3 Å². The zero-order valence-electron chi connectivity index (χ0n) is 12.3. The Kier molecular flexibility index (Phi) is 5.02. The van der Waals surface area contributed by atoms with Crippen molar-refractivity contribution in [1.29, 1.82) is 0 Å². The summed E-state index contributed by atoms with van der Waals surface area (Å²) >= 11 is 3.37. The average molecular weight is 349 g/mol. The lowest BCUT2D eigenvalue weighted by molar-refractivity contribution is 0.0921. The SMILES string of the molecule is COc1ccc(C(=O)COc2cc(C)ccc2C)cc1Br. The van der Waals surface area contributed by atoms with E-state index in [1.54, 1.807) is 25.3 Å². The molecule has 0 aliphatic rings. The van der Waals surface area contributed by atoms with Crippen LogP contribution in [0.25, 0.3) is 0 Å². The molecule has 0 amide bonds. The standard InChI is InChI=1S/C17H17BrO3/c1-11-4-5-12(2)17(8-11)21-10-15(19)13-6-7-16(20-3)14(18)9-13/h4-9H,10H2,1-3H3. The molecule has 2 rings (SSSR count). The van der Waals surface area contributed by atoms with Gasteiger partial charge in [0.05, 0.1) is 11.6 Å². The van der Waals surface area contributed by atoms with Crippen molar-refractivity contribution in [2.24, 2.45) is 0 Å². The van der Waals surface area contributed by atoms with Gasteiger partial charge >= 0.3 is 0 Å². The van der Waals surface area contributed by atoms with Crippen molar-refractivity contribution in [3.05, 3.63) is 57.6 Å². The van der Waals surface area contributed by atoms with Gasteiger partial charge < -0.3 is 9.47 Å². The van der Waals surface area contributed by atoms with Crippen LogP contribution in [0.5, 0.6) is 11.5 Å². The minimum atomic E-state index is -0.0701. The number of aryl methyl sites for hydroxylation is 2. The molecule has 0 bridgehead atoms. The maximum atomic E-state index is 12.2. The van der Waals surface area contributed by atoms with E-state index < -0.39 is 0 Å². The van der Waals surface area contributed by atoms with Crippen molar-refractivity contribution >= 4 is 21.7 Å². The number of rotatable bonds is 5. The molecule has 0 saturated heterocycles. The topological polar surface area (TPSA) is 35.5 Å². The summed E-state index contributed by atoms with van der Waals surface area (Å²) in [5.41, 5.74) is 2.72. The maximum Gasteiger partial charge on any atom is 0.200 e. The number of Topliss-reactive ketones (excluding diaryl/α,β-unsaturated/α-hetero) is 1. The first-order valence-corrected chi connectivity index (χ1v) is 7.37. The summed E-state index contributed by atoms with van der Waals surface area (Å²) in [4.78, 5) is 12.2. The third-order valence-electron chi connectivity index (χ3n) is 3.18. The Morgan fingerprint density at radius 2 is 1.86 bits per heavy atom. The van der Waals surface area contributed by atoms with E-state index in [1.165, 1.54) is 0 Å². The molecule has 0 N–H and O–H groups in total. The van der Waals surface area contributed by atoms with Gasteiger partial charge in [-0.2, -0.15) is 0 Å². The molecule has 0 aliphatic heterocycles. The molecule has 0 heterocycles. The molecule has 0 aromatic heterocycles. The monoisotopic (exact) mass is 348 g/mol. The van der Waals surface area contributed by atoms with E-state index in [1.807, 2.05) is 32.0 Å². The molecule has 4 heteroatoms. The van der Waals surface area contributed by atoms with Gasteiger partial charge in [-0.3, -0.25) is 4.79 Å². The summed E-state index contributed by atoms with van der Waals surface area (Å²) in [5.74, 6) is 1.37. The predicted octanol–water partition coefficient (Wildman–Crippen LogP) is 4.34. The number of hydrogen-bond donors (Lipinski definition) is 0. The van der Waals surface area contributed by atoms with Gasteiger partial charge in [-0.15, -0.1) is 0 Å². The fraction of sp³-hybridized carbons (Fsp3) is 0.235. The van der Waals surface area contributed by atoms with Crippen molar-refractivity contribution in [2.45, 2.75) is 13.8 Å². The molecule has 0 aliphatic carbocycles. The van der Waals surface area contributed by atoms with Gasteiger partial charge in [0, 0.05) is 5.56 Å². The molecule has 21 heavy (non-hydrogen) atoms. The van der Waals surface area contributed by atoms with Crippen LogP contribution >= 0.6 is 15.9 Å². The van der Waals surface area contributed by atoms with Crippen LogP contribution in [0.15, 0.2) is 40.9 Å². The number of hydrogen-bond acceptors (Lipinski definition) is 3. The highest BCUT2D eigenvalue weighted by Crippen LogP contribution is 2.26. The Labute approximate surface area is 133 Å². The quantitative estimate of drug-likeness (QED) is 0.754. The number of ether oxygens (including phenoxy) is 2. The minimum Gasteiger partial charge on any atom is -0.496 e. The molecule has 2 aromatic carbocycles. The lowest BCUT2D eigenvalue weighted by Crippen LogP contribution is -2.12. The van der Waals surface area contributed by atoms with Crippen LogP contribution in [-0.2, 0) is 0 Å². The Hall–Kier alpha value is -1.81. The first-order chi connectivity index (χ1) is 10.0. The molecule has 3 nitrogen and oxygen atoms in total. The summed E-state index contributed by atoms with van der Waals surface area (Å²) in [6.07, 6.45) is 0. The van der Waals surface area contributed by atoms with Crippen LogP contribution in [0.3, 0.4) is 0 Å². The fourth-order valence-corrected chi connectivity index (χ4v) is 2.47. The fourth-order valence-electron chi connectivity index (χ4n) is 1.93. The van der Waals surface area contributed by atoms with E-state index in [0.29, 0.717) is 11.3 Å². The molecule has 0 radical (unpaired) electrons. The van der Waals surface area contributed by atoms with Crippen molar-refractivity contribution in [3.8, 4) is 11.5 Å². The molecule has 0 fully saturated rings. The summed E-state index contributed by atoms with van der Waals surface area (Å²) in [7, 11) is 1.59. The summed E-state index contributed by atoms with van der Waals surface area (Å²) in [5, 5.41) is 0. The third-order valence-corrected chi connectivity index (χ3v) is 3.80. The Morgan fingerprint density at radius 1 is 1.10 bits per heavy atom. The smallest absolute Gasteiger partial charge is 0.200 e. The van der Waals surface area contributed by atoms with E-state index in [9.17, 15) is 4.79 Å². The highest BCUT2D eigenvalue weighted by atomic mass is 79.9. The van der Waals surface area contributed by atoms with Crippen LogP contribution in [0, 0.1) is 13.8 Å². The van der Waals surface area contributed by atoms with Crippen LogP contribution < -0.4 is 9.47 Å². The van der Waals surface area contributed by atoms with Crippen LogP contribution in [0.4, 0.5) is 0 Å². The Bertz CT molecular complexity index is 665. The van der Waals surface area contributed by atoms with Gasteiger partial charge in [0.1, 0.15) is 11.5 Å². The molecule has 0 unspecified atom stereocenters. The number of halogens is 1. The number of carbonyl (C=O) groups excluding carboxylic acids is 1. The van der Waals surface area contributed by atoms with Gasteiger partial charge in [0.15, 0.2) is 12.4 Å². The normalized spacial score (nSPS) is 10.3. The van der Waals surface area contributed by atoms with Gasteiger partial charge in [-0.1, -0.05) is 12.1 Å². The van der Waals surface area contributed by atoms with E-state index in [0.717, 1.165) is 21.3 Å². The Balaban J connectivity index is 2.08. The van der Waals surface area contributed by atoms with Crippen LogP contribution in [0.1, 0.15) is 21.5 Å². The second-order valence-electron chi connectivity index (χ2n) is 4.83. The van der Waals surface area contributed by atoms with Gasteiger partial charge in [0.2, 0.25) is 0 Å². The molecular weight excluding hydrogens is 332 g/mol. The molecule has 110 valence electrons.